The molecule has 0 fully saturated rings. The Morgan fingerprint density at radius 1 is 1.38 bits per heavy atom. The number of rotatable bonds is 7. The van der Waals surface area contributed by atoms with Crippen LogP contribution < -0.4 is 15.8 Å². The van der Waals surface area contributed by atoms with Crippen molar-refractivity contribution in [1.82, 2.24) is 9.55 Å². The van der Waals surface area contributed by atoms with Gasteiger partial charge in [0.1, 0.15) is 31.2 Å². The fraction of sp³-hybridized carbons (Fsp3) is 0.429. The van der Waals surface area contributed by atoms with E-state index in [1.807, 2.05) is 13.8 Å². The Labute approximate surface area is 182 Å². The predicted molar refractivity (Wildman–Crippen MR) is 111 cm³/mol. The zero-order chi connectivity index (χ0) is 23.0. The Bertz CT molecular complexity index is 1080. The van der Waals surface area contributed by atoms with Crippen LogP contribution >= 0.6 is 0 Å². The standard InChI is InChI=1S/C21H23F2N5O4/c1-11(2)18(20(24)30)25-12-3-4-13-15(7-12)31-6-5-27-8-16(26-21(13)27)28-14(19(22)23)10-32-17(28)9-29/h3-4,7-9,11,14,18-19H,5-6,10H2,1-2H3,(H2-,24,25,26,30)/p+1/t14-,18-/m0/s1. The van der Waals surface area contributed by atoms with Crippen LogP contribution in [0.2, 0.25) is 0 Å². The van der Waals surface area contributed by atoms with Gasteiger partial charge in [0, 0.05) is 11.8 Å². The van der Waals surface area contributed by atoms with Gasteiger partial charge in [0.2, 0.25) is 12.2 Å². The molecule has 0 bridgehead atoms. The lowest BCUT2D eigenvalue weighted by Crippen LogP contribution is -2.39. The highest BCUT2D eigenvalue weighted by Gasteiger charge is 2.42. The van der Waals surface area contributed by atoms with Gasteiger partial charge in [0.05, 0.1) is 12.1 Å². The van der Waals surface area contributed by atoms with Gasteiger partial charge in [-0.2, -0.15) is 4.58 Å². The van der Waals surface area contributed by atoms with E-state index in [1.165, 1.54) is 0 Å². The maximum absolute atomic E-state index is 13.5. The molecule has 3 heterocycles. The molecule has 0 spiro atoms. The van der Waals surface area contributed by atoms with Crippen LogP contribution in [0.15, 0.2) is 24.4 Å². The van der Waals surface area contributed by atoms with Crippen LogP contribution in [0.25, 0.3) is 11.4 Å². The van der Waals surface area contributed by atoms with Gasteiger partial charge in [0.25, 0.3) is 12.2 Å². The van der Waals surface area contributed by atoms with Gasteiger partial charge in [-0.05, 0) is 23.0 Å². The number of nitrogens with one attached hydrogen (secondary N) is 1. The first-order valence-corrected chi connectivity index (χ1v) is 10.2. The zero-order valence-electron chi connectivity index (χ0n) is 17.6. The summed E-state index contributed by atoms with van der Waals surface area (Å²) in [5.41, 5.74) is 6.80. The molecule has 170 valence electrons. The summed E-state index contributed by atoms with van der Waals surface area (Å²) in [6, 6.07) is 3.46. The number of nitrogens with two attached hydrogens (primary N) is 1. The molecule has 2 aromatic rings. The number of ether oxygens (including phenoxy) is 2. The molecule has 32 heavy (non-hydrogen) atoms. The molecule has 1 aromatic carbocycles. The van der Waals surface area contributed by atoms with Gasteiger partial charge in [-0.3, -0.25) is 9.59 Å². The minimum absolute atomic E-state index is 0.0117. The maximum atomic E-state index is 13.5. The van der Waals surface area contributed by atoms with Crippen LogP contribution in [0.1, 0.15) is 13.8 Å². The van der Waals surface area contributed by atoms with E-state index in [0.717, 1.165) is 4.58 Å². The first-order valence-electron chi connectivity index (χ1n) is 10.2. The van der Waals surface area contributed by atoms with Crippen LogP contribution in [-0.2, 0) is 20.9 Å². The van der Waals surface area contributed by atoms with E-state index in [-0.39, 0.29) is 24.2 Å². The molecule has 3 N–H and O–H groups in total. The number of aromatic nitrogens is 2. The van der Waals surface area contributed by atoms with Gasteiger partial charge in [-0.1, -0.05) is 13.8 Å². The van der Waals surface area contributed by atoms with E-state index in [4.69, 9.17) is 15.2 Å². The summed E-state index contributed by atoms with van der Waals surface area (Å²) < 4.78 is 40.9. The van der Waals surface area contributed by atoms with E-state index in [2.05, 4.69) is 10.3 Å². The number of carbonyl (C=O) groups excluding carboxylic acids is 2. The minimum atomic E-state index is -2.71. The molecule has 0 aliphatic carbocycles. The Morgan fingerprint density at radius 2 is 2.16 bits per heavy atom. The molecule has 11 heteroatoms. The van der Waals surface area contributed by atoms with Gasteiger partial charge >= 0.3 is 11.7 Å². The van der Waals surface area contributed by atoms with Crippen molar-refractivity contribution >= 4 is 29.6 Å². The number of carbonyl (C=O) groups is 2. The Hall–Kier alpha value is -3.50. The number of amides is 1. The highest BCUT2D eigenvalue weighted by Crippen LogP contribution is 2.36. The quantitative estimate of drug-likeness (QED) is 0.493. The van der Waals surface area contributed by atoms with E-state index in [9.17, 15) is 18.4 Å². The molecular weight excluding hydrogens is 424 g/mol. The van der Waals surface area contributed by atoms with Crippen molar-refractivity contribution in [2.45, 2.75) is 38.9 Å². The Kier molecular flexibility index (Phi) is 5.81. The summed E-state index contributed by atoms with van der Waals surface area (Å²) in [4.78, 5) is 27.6. The van der Waals surface area contributed by atoms with Gasteiger partial charge < -0.3 is 25.1 Å². The molecule has 2 atom stereocenters. The number of fused-ring (bicyclic) bond motifs is 3. The Balaban J connectivity index is 1.71. The van der Waals surface area contributed by atoms with Gasteiger partial charge in [-0.25, -0.2) is 8.78 Å². The molecule has 2 aliphatic rings. The lowest BCUT2D eigenvalue weighted by atomic mass is 10.0. The lowest BCUT2D eigenvalue weighted by Gasteiger charge is -2.20. The topological polar surface area (TPSA) is 111 Å². The second kappa shape index (κ2) is 8.56. The number of aldehydes is 1. The molecule has 1 amide bonds. The molecular formula is C21H24F2N5O4+. The highest BCUT2D eigenvalue weighted by atomic mass is 19.3. The van der Waals surface area contributed by atoms with Crippen molar-refractivity contribution in [2.75, 3.05) is 18.5 Å². The van der Waals surface area contributed by atoms with Crippen molar-refractivity contribution in [1.29, 1.82) is 0 Å². The number of alkyl halides is 2. The van der Waals surface area contributed by atoms with Crippen molar-refractivity contribution in [3.05, 3.63) is 24.4 Å². The molecule has 0 radical (unpaired) electrons. The number of halogens is 2. The van der Waals surface area contributed by atoms with E-state index >= 15 is 0 Å². The third-order valence-electron chi connectivity index (χ3n) is 5.48. The number of benzene rings is 1. The molecule has 4 rings (SSSR count). The number of nitrogens with zero attached hydrogens (tertiary/aromatic N) is 3. The van der Waals surface area contributed by atoms with Gasteiger partial charge in [0.15, 0.2) is 6.04 Å². The molecule has 1 aromatic heterocycles. The number of hydrogen-bond donors (Lipinski definition) is 2. The van der Waals surface area contributed by atoms with Crippen molar-refractivity contribution < 1.29 is 32.4 Å². The number of imidazole rings is 1. The third-order valence-corrected chi connectivity index (χ3v) is 5.48. The second-order valence-corrected chi connectivity index (χ2v) is 7.98. The largest absolute Gasteiger partial charge is 0.491 e. The monoisotopic (exact) mass is 448 g/mol. The molecule has 9 nitrogen and oxygen atoms in total. The fourth-order valence-corrected chi connectivity index (χ4v) is 3.86. The first-order chi connectivity index (χ1) is 15.3. The smallest absolute Gasteiger partial charge is 0.345 e. The van der Waals surface area contributed by atoms with Crippen LogP contribution in [-0.4, -0.2) is 63.9 Å². The summed E-state index contributed by atoms with van der Waals surface area (Å²) >= 11 is 0. The number of primary amides is 1. The van der Waals surface area contributed by atoms with E-state index < -0.39 is 24.4 Å². The van der Waals surface area contributed by atoms with Crippen molar-refractivity contribution in [3.8, 4) is 17.1 Å². The van der Waals surface area contributed by atoms with E-state index in [1.54, 1.807) is 29.0 Å². The maximum Gasteiger partial charge on any atom is 0.345 e. The number of hydrogen-bond acceptors (Lipinski definition) is 6. The second-order valence-electron chi connectivity index (χ2n) is 7.98. The average molecular weight is 448 g/mol. The van der Waals surface area contributed by atoms with Crippen molar-refractivity contribution in [2.24, 2.45) is 11.7 Å². The zero-order valence-corrected chi connectivity index (χ0v) is 17.6. The summed E-state index contributed by atoms with van der Waals surface area (Å²) in [6.07, 6.45) is -0.696. The predicted octanol–water partition coefficient (Wildman–Crippen LogP) is 1.77. The summed E-state index contributed by atoms with van der Waals surface area (Å²) in [6.45, 7) is 4.24. The summed E-state index contributed by atoms with van der Waals surface area (Å²) in [5, 5.41) is 3.12. The van der Waals surface area contributed by atoms with Crippen LogP contribution in [0, 0.1) is 5.92 Å². The van der Waals surface area contributed by atoms with Crippen LogP contribution in [0.5, 0.6) is 5.75 Å². The average Bonchev–Trinajstić information content (AvgIpc) is 3.32. The number of anilines is 1. The summed E-state index contributed by atoms with van der Waals surface area (Å²) in [7, 11) is 0. The third kappa shape index (κ3) is 3.90. The van der Waals surface area contributed by atoms with Crippen LogP contribution in [0.3, 0.4) is 0 Å². The normalized spacial score (nSPS) is 18.5. The molecule has 0 saturated carbocycles. The van der Waals surface area contributed by atoms with E-state index in [0.29, 0.717) is 42.3 Å². The highest BCUT2D eigenvalue weighted by molar-refractivity contribution is 6.21. The summed E-state index contributed by atoms with van der Waals surface area (Å²) in [5.74, 6) is 0.585. The fourth-order valence-electron chi connectivity index (χ4n) is 3.86. The lowest BCUT2D eigenvalue weighted by molar-refractivity contribution is -0.492. The molecule has 2 aliphatic heterocycles. The van der Waals surface area contributed by atoms with Crippen molar-refractivity contribution in [3.63, 3.8) is 0 Å². The minimum Gasteiger partial charge on any atom is -0.491 e. The van der Waals surface area contributed by atoms with Crippen LogP contribution in [0.4, 0.5) is 20.3 Å². The molecule has 0 saturated heterocycles. The Morgan fingerprint density at radius 3 is 2.81 bits per heavy atom. The van der Waals surface area contributed by atoms with Gasteiger partial charge in [-0.15, -0.1) is 0 Å². The SMILES string of the molecule is CC(C)[C@H](Nc1ccc2c(c1)OCCn1cc([N+]3=C(C=O)OC[C@H]3C(F)F)nc1-2)C(N)=O. The first kappa shape index (κ1) is 21.7. The molecule has 0 unspecified atom stereocenters.